The maximum Gasteiger partial charge on any atom is 0.324 e. The lowest BCUT2D eigenvalue weighted by molar-refractivity contribution is -0.151. The summed E-state index contributed by atoms with van der Waals surface area (Å²) in [6, 6.07) is 0. The van der Waals surface area contributed by atoms with Crippen molar-refractivity contribution in [2.24, 2.45) is 5.92 Å². The number of nitrogens with one attached hydrogen (secondary N) is 1. The lowest BCUT2D eigenvalue weighted by Crippen LogP contribution is -2.20. The van der Waals surface area contributed by atoms with Crippen LogP contribution in [-0.4, -0.2) is 23.7 Å². The Morgan fingerprint density at radius 1 is 0.958 bits per heavy atom. The topological polar surface area (TPSA) is 58.6 Å². The lowest BCUT2D eigenvalue weighted by Gasteiger charge is -2.12. The Morgan fingerprint density at radius 3 is 2.29 bits per heavy atom. The summed E-state index contributed by atoms with van der Waals surface area (Å²) in [6.45, 7) is 7.24. The van der Waals surface area contributed by atoms with Crippen LogP contribution in [0.4, 0.5) is 0 Å². The van der Waals surface area contributed by atoms with Gasteiger partial charge in [0.05, 0.1) is 6.10 Å². The molecule has 0 aliphatic carbocycles. The van der Waals surface area contributed by atoms with Gasteiger partial charge >= 0.3 is 5.97 Å². The molecule has 0 saturated heterocycles. The molecule has 0 radical (unpaired) electrons. The van der Waals surface area contributed by atoms with Crippen LogP contribution in [0.1, 0.15) is 104 Å². The number of carbonyl (C=O) groups excluding carboxylic acids is 1. The maximum absolute atomic E-state index is 11.6. The van der Waals surface area contributed by atoms with Crippen molar-refractivity contribution in [2.75, 3.05) is 6.54 Å². The largest absolute Gasteiger partial charge is 0.393 e. The third-order valence-corrected chi connectivity index (χ3v) is 4.23. The van der Waals surface area contributed by atoms with Gasteiger partial charge in [-0.05, 0) is 31.6 Å². The summed E-state index contributed by atoms with van der Waals surface area (Å²) in [7, 11) is 0. The molecular formula is C20H41NO3. The Labute approximate surface area is 149 Å². The molecule has 0 saturated carbocycles. The monoisotopic (exact) mass is 343 g/mol. The molecule has 0 aromatic carbocycles. The number of hydrogen-bond acceptors (Lipinski definition) is 4. The number of unbranched alkanes of at least 4 members (excludes halogenated alkanes) is 8. The average Bonchev–Trinajstić information content (AvgIpc) is 2.52. The number of rotatable bonds is 17. The van der Waals surface area contributed by atoms with E-state index < -0.39 is 0 Å². The zero-order valence-electron chi connectivity index (χ0n) is 16.3. The number of aliphatic hydroxyl groups excluding tert-OH is 1. The van der Waals surface area contributed by atoms with E-state index in [4.69, 9.17) is 4.84 Å². The summed E-state index contributed by atoms with van der Waals surface area (Å²) >= 11 is 0. The summed E-state index contributed by atoms with van der Waals surface area (Å²) in [5.41, 5.74) is 2.78. The van der Waals surface area contributed by atoms with Crippen LogP contribution in [-0.2, 0) is 9.63 Å². The minimum atomic E-state index is -0.166. The lowest BCUT2D eigenvalue weighted by atomic mass is 10.0. The molecule has 0 spiro atoms. The Hall–Kier alpha value is -0.610. The minimum Gasteiger partial charge on any atom is -0.393 e. The number of carbonyl (C=O) groups is 1. The van der Waals surface area contributed by atoms with Gasteiger partial charge in [-0.25, -0.2) is 0 Å². The van der Waals surface area contributed by atoms with Crippen LogP contribution in [0.2, 0.25) is 0 Å². The first-order valence-corrected chi connectivity index (χ1v) is 10.2. The molecule has 0 aromatic heterocycles. The van der Waals surface area contributed by atoms with Gasteiger partial charge in [-0.15, -0.1) is 0 Å². The van der Waals surface area contributed by atoms with Crippen molar-refractivity contribution in [2.45, 2.75) is 110 Å². The molecule has 0 bridgehead atoms. The molecule has 0 rings (SSSR count). The molecule has 1 atom stereocenters. The Kier molecular flexibility index (Phi) is 16.8. The van der Waals surface area contributed by atoms with E-state index in [-0.39, 0.29) is 12.1 Å². The number of aliphatic hydroxyl groups is 1. The first kappa shape index (κ1) is 23.4. The molecule has 4 heteroatoms. The summed E-state index contributed by atoms with van der Waals surface area (Å²) in [5, 5.41) is 9.78. The van der Waals surface area contributed by atoms with Gasteiger partial charge in [-0.1, -0.05) is 72.1 Å². The number of hydrogen-bond donors (Lipinski definition) is 2. The van der Waals surface area contributed by atoms with Crippen LogP contribution in [0.25, 0.3) is 0 Å². The van der Waals surface area contributed by atoms with Gasteiger partial charge in [0.25, 0.3) is 0 Å². The molecule has 0 amide bonds. The SMILES string of the molecule is CCCCCCCCNOC(=O)CCCCCCC(O)CC(C)C. The predicted octanol–water partition coefficient (Wildman–Crippen LogP) is 5.14. The van der Waals surface area contributed by atoms with E-state index in [1.165, 1.54) is 32.1 Å². The molecule has 0 aliphatic heterocycles. The molecule has 2 N–H and O–H groups in total. The molecule has 0 aliphatic rings. The van der Waals surface area contributed by atoms with E-state index >= 15 is 0 Å². The molecule has 0 heterocycles. The first-order chi connectivity index (χ1) is 11.6. The fraction of sp³-hybridized carbons (Fsp3) is 0.950. The third-order valence-electron chi connectivity index (χ3n) is 4.23. The second-order valence-corrected chi connectivity index (χ2v) is 7.37. The van der Waals surface area contributed by atoms with Crippen molar-refractivity contribution in [3.8, 4) is 0 Å². The van der Waals surface area contributed by atoms with Gasteiger partial charge in [0.1, 0.15) is 0 Å². The Balaban J connectivity index is 3.26. The maximum atomic E-state index is 11.6. The van der Waals surface area contributed by atoms with Crippen molar-refractivity contribution < 1.29 is 14.7 Å². The van der Waals surface area contributed by atoms with Crippen molar-refractivity contribution in [3.05, 3.63) is 0 Å². The van der Waals surface area contributed by atoms with Gasteiger partial charge in [0.2, 0.25) is 0 Å². The molecule has 1 unspecified atom stereocenters. The second-order valence-electron chi connectivity index (χ2n) is 7.37. The number of hydroxylamine groups is 1. The van der Waals surface area contributed by atoms with E-state index in [9.17, 15) is 9.90 Å². The molecule has 0 fully saturated rings. The predicted molar refractivity (Wildman–Crippen MR) is 101 cm³/mol. The molecule has 4 nitrogen and oxygen atoms in total. The van der Waals surface area contributed by atoms with Crippen molar-refractivity contribution in [3.63, 3.8) is 0 Å². The minimum absolute atomic E-state index is 0.152. The Bertz CT molecular complexity index is 282. The first-order valence-electron chi connectivity index (χ1n) is 10.2. The zero-order valence-corrected chi connectivity index (χ0v) is 16.3. The highest BCUT2D eigenvalue weighted by molar-refractivity contribution is 5.68. The normalized spacial score (nSPS) is 12.5. The van der Waals surface area contributed by atoms with Gasteiger partial charge in [0, 0.05) is 13.0 Å². The highest BCUT2D eigenvalue weighted by Gasteiger charge is 2.07. The Morgan fingerprint density at radius 2 is 1.58 bits per heavy atom. The van der Waals surface area contributed by atoms with Gasteiger partial charge in [-0.2, -0.15) is 5.48 Å². The molecule has 144 valence electrons. The van der Waals surface area contributed by atoms with Crippen LogP contribution in [0.5, 0.6) is 0 Å². The summed E-state index contributed by atoms with van der Waals surface area (Å²) in [4.78, 5) is 16.6. The van der Waals surface area contributed by atoms with E-state index in [2.05, 4.69) is 26.3 Å². The summed E-state index contributed by atoms with van der Waals surface area (Å²) in [5.74, 6) is 0.402. The standard InChI is InChI=1S/C20H41NO3/c1-4-5-6-7-10-13-16-21-24-20(23)15-12-9-8-11-14-19(22)17-18(2)3/h18-19,21-22H,4-17H2,1-3H3. The molecular weight excluding hydrogens is 302 g/mol. The van der Waals surface area contributed by atoms with Crippen molar-refractivity contribution in [1.29, 1.82) is 0 Å². The van der Waals surface area contributed by atoms with E-state index in [0.717, 1.165) is 51.5 Å². The van der Waals surface area contributed by atoms with Crippen molar-refractivity contribution in [1.82, 2.24) is 5.48 Å². The molecule has 0 aromatic rings. The fourth-order valence-electron chi connectivity index (χ4n) is 2.82. The summed E-state index contributed by atoms with van der Waals surface area (Å²) in [6.07, 6.45) is 13.5. The average molecular weight is 344 g/mol. The summed E-state index contributed by atoms with van der Waals surface area (Å²) < 4.78 is 0. The van der Waals surface area contributed by atoms with E-state index in [0.29, 0.717) is 12.3 Å². The van der Waals surface area contributed by atoms with Gasteiger partial charge < -0.3 is 9.94 Å². The quantitative estimate of drug-likeness (QED) is 0.283. The second kappa shape index (κ2) is 17.2. The smallest absolute Gasteiger partial charge is 0.324 e. The van der Waals surface area contributed by atoms with E-state index in [1.54, 1.807) is 0 Å². The van der Waals surface area contributed by atoms with Crippen LogP contribution in [0, 0.1) is 5.92 Å². The zero-order chi connectivity index (χ0) is 18.0. The third kappa shape index (κ3) is 17.7. The van der Waals surface area contributed by atoms with E-state index in [1.807, 2.05) is 0 Å². The van der Waals surface area contributed by atoms with Crippen molar-refractivity contribution >= 4 is 5.97 Å². The van der Waals surface area contributed by atoms with Crippen LogP contribution < -0.4 is 5.48 Å². The van der Waals surface area contributed by atoms with Crippen LogP contribution in [0.15, 0.2) is 0 Å². The van der Waals surface area contributed by atoms with Gasteiger partial charge in [0.15, 0.2) is 0 Å². The fourth-order valence-corrected chi connectivity index (χ4v) is 2.82. The van der Waals surface area contributed by atoms with Crippen LogP contribution >= 0.6 is 0 Å². The highest BCUT2D eigenvalue weighted by atomic mass is 16.7. The van der Waals surface area contributed by atoms with Gasteiger partial charge in [-0.3, -0.25) is 4.79 Å². The highest BCUT2D eigenvalue weighted by Crippen LogP contribution is 2.13. The molecule has 24 heavy (non-hydrogen) atoms. The van der Waals surface area contributed by atoms with Crippen LogP contribution in [0.3, 0.4) is 0 Å².